The van der Waals surface area contributed by atoms with Gasteiger partial charge in [0.25, 0.3) is 0 Å². The van der Waals surface area contributed by atoms with Gasteiger partial charge in [0, 0.05) is 0 Å². The first-order valence-corrected chi connectivity index (χ1v) is 6.51. The van der Waals surface area contributed by atoms with Crippen molar-refractivity contribution in [2.24, 2.45) is 5.92 Å². The minimum absolute atomic E-state index is 0.244. The zero-order valence-electron chi connectivity index (χ0n) is 10.7. The van der Waals surface area contributed by atoms with Crippen LogP contribution < -0.4 is 0 Å². The molecule has 0 aliphatic heterocycles. The second-order valence-corrected chi connectivity index (χ2v) is 5.02. The van der Waals surface area contributed by atoms with Crippen molar-refractivity contribution in [1.29, 1.82) is 5.26 Å². The van der Waals surface area contributed by atoms with E-state index in [1.165, 1.54) is 37.5 Å². The molecule has 2 nitrogen and oxygen atoms in total. The summed E-state index contributed by atoms with van der Waals surface area (Å²) in [5.74, 6) is 0.238. The molecule has 1 aliphatic carbocycles. The first-order valence-electron chi connectivity index (χ1n) is 6.51. The summed E-state index contributed by atoms with van der Waals surface area (Å²) in [7, 11) is 0. The number of rotatable bonds is 3. The van der Waals surface area contributed by atoms with Crippen molar-refractivity contribution in [3.05, 3.63) is 35.1 Å². The Morgan fingerprint density at radius 2 is 2.17 bits per heavy atom. The van der Waals surface area contributed by atoms with Gasteiger partial charge in [0.05, 0.1) is 24.3 Å². The van der Waals surface area contributed by atoms with Crippen LogP contribution in [0.15, 0.2) is 18.2 Å². The maximum Gasteiger partial charge on any atom is 0.123 e. The van der Waals surface area contributed by atoms with Crippen LogP contribution in [0.5, 0.6) is 0 Å². The van der Waals surface area contributed by atoms with E-state index in [2.05, 4.69) is 13.0 Å². The van der Waals surface area contributed by atoms with Gasteiger partial charge in [-0.3, -0.25) is 0 Å². The summed E-state index contributed by atoms with van der Waals surface area (Å²) >= 11 is 0. The molecule has 1 aliphatic rings. The molecule has 1 aromatic rings. The highest BCUT2D eigenvalue weighted by molar-refractivity contribution is 5.37. The molecule has 2 rings (SSSR count). The average molecular weight is 247 g/mol. The summed E-state index contributed by atoms with van der Waals surface area (Å²) in [5.41, 5.74) is 1.15. The van der Waals surface area contributed by atoms with E-state index in [1.54, 1.807) is 0 Å². The van der Waals surface area contributed by atoms with Crippen molar-refractivity contribution in [2.75, 3.05) is 0 Å². The zero-order chi connectivity index (χ0) is 13.0. The van der Waals surface area contributed by atoms with E-state index in [0.29, 0.717) is 23.7 Å². The lowest BCUT2D eigenvalue weighted by atomic mass is 9.88. The topological polar surface area (TPSA) is 33.0 Å². The quantitative estimate of drug-likeness (QED) is 0.814. The summed E-state index contributed by atoms with van der Waals surface area (Å²) in [6, 6.07) is 6.29. The maximum atomic E-state index is 13.2. The Morgan fingerprint density at radius 3 is 2.89 bits per heavy atom. The van der Waals surface area contributed by atoms with Gasteiger partial charge in [-0.1, -0.05) is 19.8 Å². The summed E-state index contributed by atoms with van der Waals surface area (Å²) in [4.78, 5) is 0. The molecule has 96 valence electrons. The van der Waals surface area contributed by atoms with Gasteiger partial charge in [-0.05, 0) is 42.5 Å². The van der Waals surface area contributed by atoms with Gasteiger partial charge in [0.15, 0.2) is 0 Å². The third-order valence-corrected chi connectivity index (χ3v) is 3.67. The largest absolute Gasteiger partial charge is 0.373 e. The zero-order valence-corrected chi connectivity index (χ0v) is 10.7. The Hall–Kier alpha value is -1.40. The van der Waals surface area contributed by atoms with E-state index in [-0.39, 0.29) is 11.9 Å². The number of nitrogens with zero attached hydrogens (tertiary/aromatic N) is 1. The number of ether oxygens (including phenoxy) is 1. The molecule has 0 radical (unpaired) electrons. The molecule has 0 amide bonds. The summed E-state index contributed by atoms with van der Waals surface area (Å²) in [6.45, 7) is 2.52. The number of benzene rings is 1. The Balaban J connectivity index is 2.01. The summed E-state index contributed by atoms with van der Waals surface area (Å²) < 4.78 is 19.0. The van der Waals surface area contributed by atoms with Crippen molar-refractivity contribution < 1.29 is 9.13 Å². The van der Waals surface area contributed by atoms with Gasteiger partial charge in [0.1, 0.15) is 5.82 Å². The lowest BCUT2D eigenvalue weighted by Gasteiger charge is -2.28. The van der Waals surface area contributed by atoms with Gasteiger partial charge in [-0.2, -0.15) is 5.26 Å². The van der Waals surface area contributed by atoms with Crippen LogP contribution in [0.3, 0.4) is 0 Å². The number of nitriles is 1. The van der Waals surface area contributed by atoms with Gasteiger partial charge in [-0.25, -0.2) is 4.39 Å². The van der Waals surface area contributed by atoms with Crippen LogP contribution >= 0.6 is 0 Å². The highest BCUT2D eigenvalue weighted by atomic mass is 19.1. The lowest BCUT2D eigenvalue weighted by Crippen LogP contribution is -2.25. The minimum Gasteiger partial charge on any atom is -0.373 e. The third-order valence-electron chi connectivity index (χ3n) is 3.67. The van der Waals surface area contributed by atoms with Crippen molar-refractivity contribution in [3.63, 3.8) is 0 Å². The highest BCUT2D eigenvalue weighted by Gasteiger charge is 2.22. The second-order valence-electron chi connectivity index (χ2n) is 5.02. The van der Waals surface area contributed by atoms with Crippen LogP contribution in [-0.4, -0.2) is 6.10 Å². The molecule has 2 unspecified atom stereocenters. The molecule has 0 bridgehead atoms. The van der Waals surface area contributed by atoms with Crippen LogP contribution in [0, 0.1) is 23.1 Å². The molecule has 0 saturated heterocycles. The molecule has 1 saturated carbocycles. The molecule has 0 heterocycles. The normalized spacial score (nSPS) is 23.6. The van der Waals surface area contributed by atoms with E-state index >= 15 is 0 Å². The Morgan fingerprint density at radius 1 is 1.39 bits per heavy atom. The average Bonchev–Trinajstić information content (AvgIpc) is 2.38. The molecule has 1 fully saturated rings. The van der Waals surface area contributed by atoms with Gasteiger partial charge in [-0.15, -0.1) is 0 Å². The lowest BCUT2D eigenvalue weighted by molar-refractivity contribution is -0.0156. The van der Waals surface area contributed by atoms with Crippen molar-refractivity contribution in [2.45, 2.75) is 45.3 Å². The van der Waals surface area contributed by atoms with Gasteiger partial charge in [0.2, 0.25) is 0 Å². The SMILES string of the molecule is CC1CCCCC1OCc1cc(F)ccc1C#N. The van der Waals surface area contributed by atoms with E-state index in [4.69, 9.17) is 10.00 Å². The highest BCUT2D eigenvalue weighted by Crippen LogP contribution is 2.27. The fraction of sp³-hybridized carbons (Fsp3) is 0.533. The Bertz CT molecular complexity index is 452. The van der Waals surface area contributed by atoms with Crippen molar-refractivity contribution in [3.8, 4) is 6.07 Å². The summed E-state index contributed by atoms with van der Waals surface area (Å²) in [6.07, 6.45) is 4.97. The predicted molar refractivity (Wildman–Crippen MR) is 67.3 cm³/mol. The standard InChI is InChI=1S/C15H18FNO/c1-11-4-2-3-5-15(11)18-10-13-8-14(16)7-6-12(13)9-17/h6-8,11,15H,2-5,10H2,1H3. The maximum absolute atomic E-state index is 13.2. The molecular formula is C15H18FNO. The first-order chi connectivity index (χ1) is 8.70. The molecule has 0 spiro atoms. The smallest absolute Gasteiger partial charge is 0.123 e. The third kappa shape index (κ3) is 3.08. The van der Waals surface area contributed by atoms with E-state index in [9.17, 15) is 4.39 Å². The number of hydrogen-bond acceptors (Lipinski definition) is 2. The minimum atomic E-state index is -0.315. The molecule has 1 aromatic carbocycles. The van der Waals surface area contributed by atoms with Crippen LogP contribution in [0.2, 0.25) is 0 Å². The fourth-order valence-corrected chi connectivity index (χ4v) is 2.52. The van der Waals surface area contributed by atoms with Gasteiger partial charge >= 0.3 is 0 Å². The molecule has 18 heavy (non-hydrogen) atoms. The van der Waals surface area contributed by atoms with E-state index in [0.717, 1.165) is 6.42 Å². The Labute approximate surface area is 107 Å². The molecule has 0 aromatic heterocycles. The van der Waals surface area contributed by atoms with E-state index < -0.39 is 0 Å². The molecule has 0 N–H and O–H groups in total. The van der Waals surface area contributed by atoms with Gasteiger partial charge < -0.3 is 4.74 Å². The molecule has 3 heteroatoms. The summed E-state index contributed by atoms with van der Waals surface area (Å²) in [5, 5.41) is 8.97. The van der Waals surface area contributed by atoms with Crippen LogP contribution in [0.4, 0.5) is 4.39 Å². The number of hydrogen-bond donors (Lipinski definition) is 0. The van der Waals surface area contributed by atoms with Crippen LogP contribution in [0.25, 0.3) is 0 Å². The number of halogens is 1. The van der Waals surface area contributed by atoms with Crippen molar-refractivity contribution in [1.82, 2.24) is 0 Å². The predicted octanol–water partition coefficient (Wildman–Crippen LogP) is 3.79. The van der Waals surface area contributed by atoms with Crippen LogP contribution in [0.1, 0.15) is 43.7 Å². The first kappa shape index (κ1) is 13.0. The van der Waals surface area contributed by atoms with Crippen LogP contribution in [-0.2, 0) is 11.3 Å². The van der Waals surface area contributed by atoms with Crippen molar-refractivity contribution >= 4 is 0 Å². The fourth-order valence-electron chi connectivity index (χ4n) is 2.52. The molecule has 2 atom stereocenters. The second kappa shape index (κ2) is 5.97. The monoisotopic (exact) mass is 247 g/mol. The molecular weight excluding hydrogens is 229 g/mol. The van der Waals surface area contributed by atoms with E-state index in [1.807, 2.05) is 0 Å². The Kier molecular flexibility index (Phi) is 4.33.